The number of sulfonamides is 1. The van der Waals surface area contributed by atoms with E-state index in [2.05, 4.69) is 5.32 Å². The van der Waals surface area contributed by atoms with Gasteiger partial charge in [0, 0.05) is 17.6 Å². The predicted octanol–water partition coefficient (Wildman–Crippen LogP) is 5.94. The maximum absolute atomic E-state index is 14.1. The number of aryl methyl sites for hydroxylation is 3. The van der Waals surface area contributed by atoms with Crippen LogP contribution in [0.5, 0.6) is 0 Å². The van der Waals surface area contributed by atoms with E-state index in [1.807, 2.05) is 26.8 Å². The largest absolute Gasteiger partial charge is 0.352 e. The third-order valence-corrected chi connectivity index (χ3v) is 9.84. The average molecular weight is 596 g/mol. The van der Waals surface area contributed by atoms with Gasteiger partial charge < -0.3 is 10.2 Å². The monoisotopic (exact) mass is 595 g/mol. The SMILES string of the molecule is Cc1ccc(S(=O)(=O)N(CC(=O)N(Cc2ccc(Cl)cc2)[C@H](C)C(=O)NC2CCCC2)c2ccc(C)c(C)c2)cc1. The topological polar surface area (TPSA) is 86.8 Å². The van der Waals surface area contributed by atoms with Gasteiger partial charge in [-0.25, -0.2) is 8.42 Å². The molecular formula is C32H38ClN3O4S. The standard InChI is InChI=1S/C32H38ClN3O4S/c1-22-9-17-30(18-10-22)41(39,40)36(29-16-11-23(2)24(3)19-29)21-31(37)35(20-26-12-14-27(33)15-13-26)25(4)32(38)34-28-7-5-6-8-28/h9-19,25,28H,5-8,20-21H2,1-4H3,(H,34,38)/t25-/m1/s1. The van der Waals surface area contributed by atoms with Gasteiger partial charge in [-0.3, -0.25) is 13.9 Å². The van der Waals surface area contributed by atoms with Crippen LogP contribution in [0.1, 0.15) is 54.9 Å². The Labute approximate surface area is 248 Å². The van der Waals surface area contributed by atoms with E-state index in [1.165, 1.54) is 4.90 Å². The molecule has 0 unspecified atom stereocenters. The molecular weight excluding hydrogens is 558 g/mol. The molecule has 0 aliphatic heterocycles. The minimum Gasteiger partial charge on any atom is -0.352 e. The highest BCUT2D eigenvalue weighted by Gasteiger charge is 2.33. The summed E-state index contributed by atoms with van der Waals surface area (Å²) in [5, 5.41) is 3.64. The second kappa shape index (κ2) is 13.1. The van der Waals surface area contributed by atoms with Crippen LogP contribution in [-0.4, -0.2) is 43.8 Å². The van der Waals surface area contributed by atoms with Crippen molar-refractivity contribution >= 4 is 39.1 Å². The van der Waals surface area contributed by atoms with Gasteiger partial charge in [0.2, 0.25) is 11.8 Å². The molecule has 1 aliphatic rings. The van der Waals surface area contributed by atoms with Crippen molar-refractivity contribution in [1.29, 1.82) is 0 Å². The van der Waals surface area contributed by atoms with Gasteiger partial charge in [-0.15, -0.1) is 0 Å². The smallest absolute Gasteiger partial charge is 0.264 e. The number of benzene rings is 3. The Hall–Kier alpha value is -3.36. The van der Waals surface area contributed by atoms with E-state index in [1.54, 1.807) is 67.6 Å². The van der Waals surface area contributed by atoms with Crippen LogP contribution in [0.3, 0.4) is 0 Å². The molecule has 0 radical (unpaired) electrons. The third kappa shape index (κ3) is 7.49. The first-order valence-corrected chi connectivity index (χ1v) is 15.8. The zero-order chi connectivity index (χ0) is 29.7. The van der Waals surface area contributed by atoms with E-state index >= 15 is 0 Å². The fraction of sp³-hybridized carbons (Fsp3) is 0.375. The maximum atomic E-state index is 14.1. The second-order valence-corrected chi connectivity index (χ2v) is 13.2. The van der Waals surface area contributed by atoms with Gasteiger partial charge in [-0.2, -0.15) is 0 Å². The lowest BCUT2D eigenvalue weighted by molar-refractivity contribution is -0.139. The lowest BCUT2D eigenvalue weighted by atomic mass is 10.1. The minimum atomic E-state index is -4.10. The molecule has 0 saturated heterocycles. The molecule has 3 aromatic rings. The Balaban J connectivity index is 1.70. The molecule has 2 amide bonds. The number of hydrogen-bond donors (Lipinski definition) is 1. The molecule has 1 saturated carbocycles. The van der Waals surface area contributed by atoms with Crippen molar-refractivity contribution in [1.82, 2.24) is 10.2 Å². The molecule has 1 atom stereocenters. The number of carbonyl (C=O) groups excluding carboxylic acids is 2. The Bertz CT molecular complexity index is 1480. The normalized spacial score (nSPS) is 14.5. The lowest BCUT2D eigenvalue weighted by Crippen LogP contribution is -2.52. The summed E-state index contributed by atoms with van der Waals surface area (Å²) in [6.45, 7) is 7.08. The molecule has 0 aromatic heterocycles. The molecule has 4 rings (SSSR count). The Kier molecular flexibility index (Phi) is 9.76. The molecule has 1 aliphatic carbocycles. The number of amides is 2. The van der Waals surface area contributed by atoms with Crippen LogP contribution < -0.4 is 9.62 Å². The van der Waals surface area contributed by atoms with Gasteiger partial charge in [-0.1, -0.05) is 60.3 Å². The summed E-state index contributed by atoms with van der Waals surface area (Å²) in [6.07, 6.45) is 3.96. The zero-order valence-corrected chi connectivity index (χ0v) is 25.6. The Morgan fingerprint density at radius 2 is 1.56 bits per heavy atom. The molecule has 41 heavy (non-hydrogen) atoms. The fourth-order valence-electron chi connectivity index (χ4n) is 5.01. The second-order valence-electron chi connectivity index (χ2n) is 10.9. The van der Waals surface area contributed by atoms with Crippen molar-refractivity contribution in [2.45, 2.75) is 76.9 Å². The first kappa shape index (κ1) is 30.6. The summed E-state index contributed by atoms with van der Waals surface area (Å²) < 4.78 is 29.1. The summed E-state index contributed by atoms with van der Waals surface area (Å²) in [7, 11) is -4.10. The van der Waals surface area contributed by atoms with E-state index < -0.39 is 28.5 Å². The van der Waals surface area contributed by atoms with Crippen LogP contribution in [0.2, 0.25) is 5.02 Å². The van der Waals surface area contributed by atoms with Crippen molar-refractivity contribution in [2.24, 2.45) is 0 Å². The van der Waals surface area contributed by atoms with Crippen molar-refractivity contribution in [3.63, 3.8) is 0 Å². The number of nitrogens with one attached hydrogen (secondary N) is 1. The highest BCUT2D eigenvalue weighted by atomic mass is 35.5. The van der Waals surface area contributed by atoms with Crippen LogP contribution in [0.4, 0.5) is 5.69 Å². The zero-order valence-electron chi connectivity index (χ0n) is 24.1. The van der Waals surface area contributed by atoms with Crippen LogP contribution in [0, 0.1) is 20.8 Å². The van der Waals surface area contributed by atoms with Crippen LogP contribution in [0.15, 0.2) is 71.6 Å². The summed E-state index contributed by atoms with van der Waals surface area (Å²) in [5.74, 6) is -0.735. The first-order chi connectivity index (χ1) is 19.5. The number of carbonyl (C=O) groups is 2. The minimum absolute atomic E-state index is 0.0883. The van der Waals surface area contributed by atoms with Crippen molar-refractivity contribution in [3.05, 3.63) is 94.0 Å². The van der Waals surface area contributed by atoms with Gasteiger partial charge in [0.1, 0.15) is 12.6 Å². The van der Waals surface area contributed by atoms with Gasteiger partial charge >= 0.3 is 0 Å². The quantitative estimate of drug-likeness (QED) is 0.314. The van der Waals surface area contributed by atoms with Crippen molar-refractivity contribution in [2.75, 3.05) is 10.8 Å². The molecule has 3 aromatic carbocycles. The number of rotatable bonds is 10. The highest BCUT2D eigenvalue weighted by molar-refractivity contribution is 7.92. The molecule has 0 spiro atoms. The summed E-state index contributed by atoms with van der Waals surface area (Å²) in [5.41, 5.74) is 4.00. The highest BCUT2D eigenvalue weighted by Crippen LogP contribution is 2.27. The Morgan fingerprint density at radius 1 is 0.927 bits per heavy atom. The van der Waals surface area contributed by atoms with E-state index in [0.29, 0.717) is 10.7 Å². The fourth-order valence-corrected chi connectivity index (χ4v) is 6.54. The maximum Gasteiger partial charge on any atom is 0.264 e. The van der Waals surface area contributed by atoms with Gasteiger partial charge in [0.05, 0.1) is 10.6 Å². The van der Waals surface area contributed by atoms with Crippen LogP contribution in [-0.2, 0) is 26.2 Å². The van der Waals surface area contributed by atoms with Crippen LogP contribution in [0.25, 0.3) is 0 Å². The van der Waals surface area contributed by atoms with Gasteiger partial charge in [0.25, 0.3) is 10.0 Å². The number of halogens is 1. The van der Waals surface area contributed by atoms with Gasteiger partial charge in [-0.05, 0) is 93.6 Å². The molecule has 218 valence electrons. The molecule has 9 heteroatoms. The van der Waals surface area contributed by atoms with E-state index in [9.17, 15) is 18.0 Å². The summed E-state index contributed by atoms with van der Waals surface area (Å²) in [6, 6.07) is 18.2. The van der Waals surface area contributed by atoms with Crippen molar-refractivity contribution in [3.8, 4) is 0 Å². The summed E-state index contributed by atoms with van der Waals surface area (Å²) >= 11 is 6.08. The van der Waals surface area contributed by atoms with E-state index in [4.69, 9.17) is 11.6 Å². The third-order valence-electron chi connectivity index (χ3n) is 7.80. The molecule has 7 nitrogen and oxygen atoms in total. The van der Waals surface area contributed by atoms with E-state index in [0.717, 1.165) is 52.2 Å². The van der Waals surface area contributed by atoms with Crippen LogP contribution >= 0.6 is 11.6 Å². The first-order valence-electron chi connectivity index (χ1n) is 14.0. The molecule has 1 N–H and O–H groups in total. The number of nitrogens with zero attached hydrogens (tertiary/aromatic N) is 2. The molecule has 1 fully saturated rings. The van der Waals surface area contributed by atoms with Gasteiger partial charge in [0.15, 0.2) is 0 Å². The predicted molar refractivity (Wildman–Crippen MR) is 163 cm³/mol. The van der Waals surface area contributed by atoms with E-state index in [-0.39, 0.29) is 23.4 Å². The molecule has 0 bridgehead atoms. The lowest BCUT2D eigenvalue weighted by Gasteiger charge is -2.32. The number of hydrogen-bond acceptors (Lipinski definition) is 4. The molecule has 0 heterocycles. The van der Waals surface area contributed by atoms with Crippen molar-refractivity contribution < 1.29 is 18.0 Å². The summed E-state index contributed by atoms with van der Waals surface area (Å²) in [4.78, 5) is 28.9. The Morgan fingerprint density at radius 3 is 2.17 bits per heavy atom. The number of anilines is 1. The average Bonchev–Trinajstić information content (AvgIpc) is 3.45.